The van der Waals surface area contributed by atoms with Crippen LogP contribution in [0.4, 0.5) is 0 Å². The molecule has 1 unspecified atom stereocenters. The number of ether oxygens (including phenoxy) is 2. The van der Waals surface area contributed by atoms with Crippen LogP contribution in [0.5, 0.6) is 0 Å². The van der Waals surface area contributed by atoms with Gasteiger partial charge in [-0.3, -0.25) is 0 Å². The van der Waals surface area contributed by atoms with Crippen molar-refractivity contribution in [2.75, 3.05) is 26.9 Å². The molecule has 0 amide bonds. The van der Waals surface area contributed by atoms with E-state index < -0.39 is 0 Å². The first kappa shape index (κ1) is 12.9. The molecule has 0 aromatic carbocycles. The molecule has 0 aromatic heterocycles. The predicted octanol–water partition coefficient (Wildman–Crippen LogP) is 1.41. The Bertz CT molecular complexity index is 107. The summed E-state index contributed by atoms with van der Waals surface area (Å²) < 4.78 is 10.3. The van der Waals surface area contributed by atoms with Gasteiger partial charge in [0.1, 0.15) is 0 Å². The highest BCUT2D eigenvalue weighted by molar-refractivity contribution is 4.58. The lowest BCUT2D eigenvalue weighted by atomic mass is 10.1. The van der Waals surface area contributed by atoms with Crippen LogP contribution in [0.25, 0.3) is 0 Å². The summed E-state index contributed by atoms with van der Waals surface area (Å²) >= 11 is 0. The van der Waals surface area contributed by atoms with Gasteiger partial charge in [-0.1, -0.05) is 13.8 Å². The molecule has 0 heterocycles. The average molecular weight is 189 g/mol. The summed E-state index contributed by atoms with van der Waals surface area (Å²) in [5.41, 5.74) is 5.72. The predicted molar refractivity (Wildman–Crippen MR) is 54.7 cm³/mol. The number of methoxy groups -OCH3 is 1. The van der Waals surface area contributed by atoms with Gasteiger partial charge in [-0.2, -0.15) is 0 Å². The Balaban J connectivity index is 3.06. The zero-order valence-corrected chi connectivity index (χ0v) is 9.08. The van der Waals surface area contributed by atoms with Crippen LogP contribution in [0, 0.1) is 5.92 Å². The molecule has 0 bridgehead atoms. The van der Waals surface area contributed by atoms with Crippen molar-refractivity contribution in [3.8, 4) is 0 Å². The third-order valence-electron chi connectivity index (χ3n) is 1.85. The van der Waals surface area contributed by atoms with Crippen LogP contribution in [0.3, 0.4) is 0 Å². The molecule has 0 spiro atoms. The molecule has 3 heteroatoms. The fourth-order valence-electron chi connectivity index (χ4n) is 0.953. The smallest absolute Gasteiger partial charge is 0.0614 e. The van der Waals surface area contributed by atoms with Crippen molar-refractivity contribution in [1.29, 1.82) is 0 Å². The van der Waals surface area contributed by atoms with Crippen molar-refractivity contribution in [3.63, 3.8) is 0 Å². The van der Waals surface area contributed by atoms with Gasteiger partial charge in [-0.25, -0.2) is 0 Å². The number of hydrogen-bond donors (Lipinski definition) is 1. The molecule has 0 aliphatic rings. The lowest BCUT2D eigenvalue weighted by Crippen LogP contribution is -2.27. The zero-order chi connectivity index (χ0) is 10.1. The topological polar surface area (TPSA) is 44.5 Å². The summed E-state index contributed by atoms with van der Waals surface area (Å²) in [4.78, 5) is 0. The van der Waals surface area contributed by atoms with Crippen molar-refractivity contribution >= 4 is 0 Å². The van der Waals surface area contributed by atoms with Crippen LogP contribution < -0.4 is 5.73 Å². The SMILES string of the molecule is COCC(N)CCOCCC(C)C. The molecule has 0 saturated heterocycles. The van der Waals surface area contributed by atoms with Gasteiger partial charge in [-0.05, 0) is 18.8 Å². The van der Waals surface area contributed by atoms with Crippen LogP contribution >= 0.6 is 0 Å². The Morgan fingerprint density at radius 1 is 1.15 bits per heavy atom. The van der Waals surface area contributed by atoms with E-state index in [-0.39, 0.29) is 6.04 Å². The molecule has 0 fully saturated rings. The highest BCUT2D eigenvalue weighted by atomic mass is 16.5. The van der Waals surface area contributed by atoms with Gasteiger partial charge in [0, 0.05) is 26.4 Å². The molecule has 0 rings (SSSR count). The average Bonchev–Trinajstić information content (AvgIpc) is 2.03. The molecule has 2 N–H and O–H groups in total. The maximum absolute atomic E-state index is 5.72. The summed E-state index contributed by atoms with van der Waals surface area (Å²) in [6, 6.07) is 0.115. The molecule has 0 aliphatic heterocycles. The summed E-state index contributed by atoms with van der Waals surface area (Å²) in [5, 5.41) is 0. The monoisotopic (exact) mass is 189 g/mol. The van der Waals surface area contributed by atoms with Crippen LogP contribution in [-0.2, 0) is 9.47 Å². The van der Waals surface area contributed by atoms with Gasteiger partial charge in [0.05, 0.1) is 6.61 Å². The van der Waals surface area contributed by atoms with Crippen LogP contribution in [0.2, 0.25) is 0 Å². The van der Waals surface area contributed by atoms with E-state index in [0.717, 1.165) is 26.1 Å². The maximum atomic E-state index is 5.72. The van der Waals surface area contributed by atoms with E-state index in [4.69, 9.17) is 15.2 Å². The van der Waals surface area contributed by atoms with Crippen LogP contribution in [-0.4, -0.2) is 33.0 Å². The molecular weight excluding hydrogens is 166 g/mol. The third-order valence-corrected chi connectivity index (χ3v) is 1.85. The molecule has 3 nitrogen and oxygen atoms in total. The zero-order valence-electron chi connectivity index (χ0n) is 9.08. The standard InChI is InChI=1S/C10H23NO2/c1-9(2)4-6-13-7-5-10(11)8-12-3/h9-10H,4-8,11H2,1-3H3. The van der Waals surface area contributed by atoms with Crippen LogP contribution in [0.1, 0.15) is 26.7 Å². The van der Waals surface area contributed by atoms with Crippen LogP contribution in [0.15, 0.2) is 0 Å². The van der Waals surface area contributed by atoms with Crippen molar-refractivity contribution in [2.24, 2.45) is 11.7 Å². The molecule has 1 atom stereocenters. The molecule has 0 aliphatic carbocycles. The first-order valence-electron chi connectivity index (χ1n) is 4.99. The largest absolute Gasteiger partial charge is 0.383 e. The minimum absolute atomic E-state index is 0.115. The lowest BCUT2D eigenvalue weighted by Gasteiger charge is -2.10. The number of hydrogen-bond acceptors (Lipinski definition) is 3. The highest BCUT2D eigenvalue weighted by Crippen LogP contribution is 1.99. The molecule has 0 aromatic rings. The van der Waals surface area contributed by atoms with Crippen molar-refractivity contribution < 1.29 is 9.47 Å². The van der Waals surface area contributed by atoms with Crippen molar-refractivity contribution in [3.05, 3.63) is 0 Å². The fourth-order valence-corrected chi connectivity index (χ4v) is 0.953. The Labute approximate surface area is 81.6 Å². The Morgan fingerprint density at radius 3 is 2.31 bits per heavy atom. The number of rotatable bonds is 8. The quantitative estimate of drug-likeness (QED) is 0.587. The maximum Gasteiger partial charge on any atom is 0.0614 e. The van der Waals surface area contributed by atoms with Gasteiger partial charge in [0.15, 0.2) is 0 Å². The van der Waals surface area contributed by atoms with E-state index in [1.54, 1.807) is 7.11 Å². The minimum atomic E-state index is 0.115. The van der Waals surface area contributed by atoms with Crippen molar-refractivity contribution in [1.82, 2.24) is 0 Å². The van der Waals surface area contributed by atoms with E-state index >= 15 is 0 Å². The first-order chi connectivity index (χ1) is 6.16. The van der Waals surface area contributed by atoms with Gasteiger partial charge in [0.25, 0.3) is 0 Å². The van der Waals surface area contributed by atoms with Gasteiger partial charge >= 0.3 is 0 Å². The molecule has 0 saturated carbocycles. The summed E-state index contributed by atoms with van der Waals surface area (Å²) in [6.45, 7) is 6.60. The summed E-state index contributed by atoms with van der Waals surface area (Å²) in [5.74, 6) is 0.715. The third kappa shape index (κ3) is 9.80. The second kappa shape index (κ2) is 8.48. The van der Waals surface area contributed by atoms with Gasteiger partial charge in [0.2, 0.25) is 0 Å². The molecule has 80 valence electrons. The van der Waals surface area contributed by atoms with Gasteiger partial charge < -0.3 is 15.2 Å². The second-order valence-corrected chi connectivity index (χ2v) is 3.80. The summed E-state index contributed by atoms with van der Waals surface area (Å²) in [6.07, 6.45) is 2.01. The fraction of sp³-hybridized carbons (Fsp3) is 1.00. The molecule has 0 radical (unpaired) electrons. The van der Waals surface area contributed by atoms with E-state index in [1.807, 2.05) is 0 Å². The van der Waals surface area contributed by atoms with E-state index in [2.05, 4.69) is 13.8 Å². The molecular formula is C10H23NO2. The minimum Gasteiger partial charge on any atom is -0.383 e. The van der Waals surface area contributed by atoms with E-state index in [1.165, 1.54) is 0 Å². The second-order valence-electron chi connectivity index (χ2n) is 3.80. The first-order valence-corrected chi connectivity index (χ1v) is 4.99. The van der Waals surface area contributed by atoms with Crippen molar-refractivity contribution in [2.45, 2.75) is 32.7 Å². The van der Waals surface area contributed by atoms with E-state index in [9.17, 15) is 0 Å². The lowest BCUT2D eigenvalue weighted by molar-refractivity contribution is 0.104. The Kier molecular flexibility index (Phi) is 8.40. The number of nitrogens with two attached hydrogens (primary N) is 1. The van der Waals surface area contributed by atoms with E-state index in [0.29, 0.717) is 12.5 Å². The Morgan fingerprint density at radius 2 is 1.77 bits per heavy atom. The summed E-state index contributed by atoms with van der Waals surface area (Å²) in [7, 11) is 1.67. The van der Waals surface area contributed by atoms with Gasteiger partial charge in [-0.15, -0.1) is 0 Å². The Hall–Kier alpha value is -0.120. The molecule has 13 heavy (non-hydrogen) atoms. The highest BCUT2D eigenvalue weighted by Gasteiger charge is 2.01. The normalized spacial score (nSPS) is 13.6.